The van der Waals surface area contributed by atoms with E-state index in [1.165, 1.54) is 64.3 Å². The van der Waals surface area contributed by atoms with Crippen LogP contribution in [-0.2, 0) is 0 Å². The molecule has 1 saturated heterocycles. The van der Waals surface area contributed by atoms with Crippen LogP contribution >= 0.6 is 0 Å². The molecule has 1 aliphatic heterocycles. The second kappa shape index (κ2) is 5.89. The monoisotopic (exact) mass is 209 g/mol. The Morgan fingerprint density at radius 3 is 2.40 bits per heavy atom. The van der Waals surface area contributed by atoms with Gasteiger partial charge >= 0.3 is 0 Å². The number of piperidine rings is 1. The lowest BCUT2D eigenvalue weighted by Crippen LogP contribution is -2.42. The summed E-state index contributed by atoms with van der Waals surface area (Å²) in [5.41, 5.74) is 0. The summed E-state index contributed by atoms with van der Waals surface area (Å²) < 4.78 is 0. The zero-order valence-electron chi connectivity index (χ0n) is 10.3. The van der Waals surface area contributed by atoms with Crippen molar-refractivity contribution in [2.75, 3.05) is 6.54 Å². The molecule has 1 heteroatoms. The van der Waals surface area contributed by atoms with Crippen LogP contribution in [-0.4, -0.2) is 12.6 Å². The molecular formula is C14H27N. The molecular weight excluding hydrogens is 182 g/mol. The first-order valence-corrected chi connectivity index (χ1v) is 7.13. The van der Waals surface area contributed by atoms with Crippen molar-refractivity contribution in [3.63, 3.8) is 0 Å². The summed E-state index contributed by atoms with van der Waals surface area (Å²) in [6.45, 7) is 3.64. The highest BCUT2D eigenvalue weighted by atomic mass is 14.9. The third-order valence-electron chi connectivity index (χ3n) is 4.59. The van der Waals surface area contributed by atoms with E-state index in [4.69, 9.17) is 0 Å². The fourth-order valence-electron chi connectivity index (χ4n) is 3.48. The van der Waals surface area contributed by atoms with Crippen LogP contribution in [0.5, 0.6) is 0 Å². The highest BCUT2D eigenvalue weighted by Crippen LogP contribution is 2.31. The van der Waals surface area contributed by atoms with Gasteiger partial charge in [0.2, 0.25) is 0 Å². The molecule has 0 aromatic rings. The van der Waals surface area contributed by atoms with Crippen LogP contribution < -0.4 is 5.32 Å². The third kappa shape index (κ3) is 3.21. The molecule has 2 atom stereocenters. The summed E-state index contributed by atoms with van der Waals surface area (Å²) in [6.07, 6.45) is 13.2. The van der Waals surface area contributed by atoms with E-state index in [-0.39, 0.29) is 0 Å². The Balaban J connectivity index is 1.84. The van der Waals surface area contributed by atoms with E-state index in [9.17, 15) is 0 Å². The SMILES string of the molecule is CCC1CCNC(C2CCCCCC2)C1. The normalized spacial score (nSPS) is 35.0. The van der Waals surface area contributed by atoms with Crippen molar-refractivity contribution in [3.05, 3.63) is 0 Å². The number of hydrogen-bond acceptors (Lipinski definition) is 1. The topological polar surface area (TPSA) is 12.0 Å². The van der Waals surface area contributed by atoms with Crippen molar-refractivity contribution < 1.29 is 0 Å². The standard InChI is InChI=1S/C14H27N/c1-2-12-9-10-15-14(11-12)13-7-5-3-4-6-8-13/h12-15H,2-11H2,1H3. The molecule has 2 unspecified atom stereocenters. The van der Waals surface area contributed by atoms with Crippen LogP contribution in [0.25, 0.3) is 0 Å². The van der Waals surface area contributed by atoms with E-state index in [0.717, 1.165) is 17.9 Å². The molecule has 0 amide bonds. The summed E-state index contributed by atoms with van der Waals surface area (Å²) in [6, 6.07) is 0.863. The summed E-state index contributed by atoms with van der Waals surface area (Å²) in [4.78, 5) is 0. The number of hydrogen-bond donors (Lipinski definition) is 1. The lowest BCUT2D eigenvalue weighted by molar-refractivity contribution is 0.217. The maximum absolute atomic E-state index is 3.78. The first-order valence-electron chi connectivity index (χ1n) is 7.13. The third-order valence-corrected chi connectivity index (χ3v) is 4.59. The summed E-state index contributed by atoms with van der Waals surface area (Å²) in [5.74, 6) is 2.02. The molecule has 1 heterocycles. The van der Waals surface area contributed by atoms with Gasteiger partial charge in [0.15, 0.2) is 0 Å². The van der Waals surface area contributed by atoms with Crippen LogP contribution in [0.2, 0.25) is 0 Å². The van der Waals surface area contributed by atoms with Gasteiger partial charge in [-0.15, -0.1) is 0 Å². The average Bonchev–Trinajstić information content (AvgIpc) is 2.58. The molecule has 1 aliphatic carbocycles. The molecule has 1 nitrogen and oxygen atoms in total. The van der Waals surface area contributed by atoms with Gasteiger partial charge in [0, 0.05) is 6.04 Å². The smallest absolute Gasteiger partial charge is 0.00979 e. The minimum absolute atomic E-state index is 0.863. The first kappa shape index (κ1) is 11.4. The lowest BCUT2D eigenvalue weighted by atomic mass is 9.81. The number of rotatable bonds is 2. The second-order valence-corrected chi connectivity index (χ2v) is 5.61. The van der Waals surface area contributed by atoms with Gasteiger partial charge in [-0.3, -0.25) is 0 Å². The largest absolute Gasteiger partial charge is 0.314 e. The van der Waals surface area contributed by atoms with Crippen molar-refractivity contribution in [3.8, 4) is 0 Å². The van der Waals surface area contributed by atoms with Crippen molar-refractivity contribution in [2.45, 2.75) is 70.8 Å². The van der Waals surface area contributed by atoms with Gasteiger partial charge in [0.1, 0.15) is 0 Å². The number of nitrogens with one attached hydrogen (secondary N) is 1. The Labute approximate surface area is 95.0 Å². The summed E-state index contributed by atoms with van der Waals surface area (Å²) >= 11 is 0. The van der Waals surface area contributed by atoms with Crippen LogP contribution in [0.15, 0.2) is 0 Å². The van der Waals surface area contributed by atoms with E-state index in [2.05, 4.69) is 12.2 Å². The molecule has 15 heavy (non-hydrogen) atoms. The van der Waals surface area contributed by atoms with Crippen LogP contribution in [0.1, 0.15) is 64.7 Å². The summed E-state index contributed by atoms with van der Waals surface area (Å²) in [7, 11) is 0. The maximum Gasteiger partial charge on any atom is 0.00979 e. The van der Waals surface area contributed by atoms with Crippen LogP contribution in [0.4, 0.5) is 0 Å². The zero-order chi connectivity index (χ0) is 10.5. The van der Waals surface area contributed by atoms with E-state index in [1.807, 2.05) is 0 Å². The highest BCUT2D eigenvalue weighted by Gasteiger charge is 2.27. The van der Waals surface area contributed by atoms with Gasteiger partial charge in [-0.1, -0.05) is 39.0 Å². The van der Waals surface area contributed by atoms with Crippen LogP contribution in [0, 0.1) is 11.8 Å². The minimum atomic E-state index is 0.863. The van der Waals surface area contributed by atoms with Crippen molar-refractivity contribution in [1.29, 1.82) is 0 Å². The second-order valence-electron chi connectivity index (χ2n) is 5.61. The molecule has 1 N–H and O–H groups in total. The molecule has 0 radical (unpaired) electrons. The Morgan fingerprint density at radius 2 is 1.73 bits per heavy atom. The zero-order valence-corrected chi connectivity index (χ0v) is 10.3. The van der Waals surface area contributed by atoms with Gasteiger partial charge in [-0.25, -0.2) is 0 Å². The predicted octanol–water partition coefficient (Wildman–Crippen LogP) is 3.74. The first-order chi connectivity index (χ1) is 7.40. The van der Waals surface area contributed by atoms with E-state index in [0.29, 0.717) is 0 Å². The molecule has 1 saturated carbocycles. The predicted molar refractivity (Wildman–Crippen MR) is 66.0 cm³/mol. The quantitative estimate of drug-likeness (QED) is 0.683. The van der Waals surface area contributed by atoms with Gasteiger partial charge in [0.05, 0.1) is 0 Å². The molecule has 2 aliphatic rings. The van der Waals surface area contributed by atoms with Crippen molar-refractivity contribution in [1.82, 2.24) is 5.32 Å². The maximum atomic E-state index is 3.78. The van der Waals surface area contributed by atoms with E-state index in [1.54, 1.807) is 0 Å². The molecule has 0 spiro atoms. The van der Waals surface area contributed by atoms with E-state index >= 15 is 0 Å². The van der Waals surface area contributed by atoms with Gasteiger partial charge in [-0.2, -0.15) is 0 Å². The van der Waals surface area contributed by atoms with Gasteiger partial charge < -0.3 is 5.32 Å². The molecule has 0 aromatic heterocycles. The average molecular weight is 209 g/mol. The Kier molecular flexibility index (Phi) is 4.49. The van der Waals surface area contributed by atoms with Crippen molar-refractivity contribution in [2.24, 2.45) is 11.8 Å². The van der Waals surface area contributed by atoms with Crippen molar-refractivity contribution >= 4 is 0 Å². The minimum Gasteiger partial charge on any atom is -0.314 e. The molecule has 0 bridgehead atoms. The molecule has 0 aromatic carbocycles. The Hall–Kier alpha value is -0.0400. The molecule has 2 rings (SSSR count). The fourth-order valence-corrected chi connectivity index (χ4v) is 3.48. The fraction of sp³-hybridized carbons (Fsp3) is 1.00. The van der Waals surface area contributed by atoms with Gasteiger partial charge in [0.25, 0.3) is 0 Å². The Bertz CT molecular complexity index is 170. The highest BCUT2D eigenvalue weighted by molar-refractivity contribution is 4.84. The van der Waals surface area contributed by atoms with E-state index < -0.39 is 0 Å². The van der Waals surface area contributed by atoms with Crippen LogP contribution in [0.3, 0.4) is 0 Å². The molecule has 88 valence electrons. The lowest BCUT2D eigenvalue weighted by Gasteiger charge is -2.35. The molecule has 2 fully saturated rings. The Morgan fingerprint density at radius 1 is 1.00 bits per heavy atom. The van der Waals surface area contributed by atoms with Gasteiger partial charge in [-0.05, 0) is 44.1 Å². The summed E-state index contributed by atoms with van der Waals surface area (Å²) in [5, 5.41) is 3.78.